The number of aryl methyl sites for hydroxylation is 2. The minimum Gasteiger partial charge on any atom is -0.494 e. The van der Waals surface area contributed by atoms with Crippen molar-refractivity contribution < 1.29 is 13.2 Å². The number of rotatable bonds is 9. The number of aromatic nitrogens is 2. The van der Waals surface area contributed by atoms with Crippen LogP contribution in [-0.2, 0) is 9.84 Å². The summed E-state index contributed by atoms with van der Waals surface area (Å²) in [5.74, 6) is 0.772. The van der Waals surface area contributed by atoms with Crippen LogP contribution in [0.2, 0.25) is 0 Å². The zero-order valence-electron chi connectivity index (χ0n) is 21.2. The molecule has 0 unspecified atom stereocenters. The monoisotopic (exact) mass is 511 g/mol. The van der Waals surface area contributed by atoms with Crippen molar-refractivity contribution in [1.29, 1.82) is 5.26 Å². The molecule has 7 heteroatoms. The van der Waals surface area contributed by atoms with E-state index in [0.29, 0.717) is 17.9 Å². The number of unbranched alkanes of at least 4 members (excludes halogenated alkanes) is 1. The lowest BCUT2D eigenvalue weighted by molar-refractivity contribution is 0.309. The number of allylic oxidation sites excluding steroid dienone is 1. The van der Waals surface area contributed by atoms with Crippen LogP contribution in [-0.4, -0.2) is 24.8 Å². The molecule has 6 nitrogen and oxygen atoms in total. The van der Waals surface area contributed by atoms with Gasteiger partial charge in [-0.15, -0.1) is 0 Å². The third-order valence-corrected chi connectivity index (χ3v) is 7.68. The number of ether oxygens (including phenoxy) is 1. The molecule has 0 aliphatic rings. The summed E-state index contributed by atoms with van der Waals surface area (Å²) in [5, 5.41) is 14.7. The lowest BCUT2D eigenvalue weighted by atomic mass is 10.0. The molecule has 37 heavy (non-hydrogen) atoms. The lowest BCUT2D eigenvalue weighted by Crippen LogP contribution is -2.03. The summed E-state index contributed by atoms with van der Waals surface area (Å²) in [5.41, 5.74) is 4.62. The van der Waals surface area contributed by atoms with Crippen molar-refractivity contribution in [3.05, 3.63) is 101 Å². The molecule has 188 valence electrons. The summed E-state index contributed by atoms with van der Waals surface area (Å²) < 4.78 is 34.2. The summed E-state index contributed by atoms with van der Waals surface area (Å²) in [6.45, 7) is 6.61. The minimum atomic E-state index is -4.01. The van der Waals surface area contributed by atoms with Gasteiger partial charge in [-0.1, -0.05) is 49.2 Å². The molecular formula is C30H29N3O3S. The van der Waals surface area contributed by atoms with Crippen molar-refractivity contribution in [3.8, 4) is 28.8 Å². The molecule has 1 heterocycles. The van der Waals surface area contributed by atoms with E-state index >= 15 is 0 Å². The summed E-state index contributed by atoms with van der Waals surface area (Å²) in [6.07, 6.45) is 5.18. The Morgan fingerprint density at radius 1 is 1.05 bits per heavy atom. The Hall–Kier alpha value is -4.15. The van der Waals surface area contributed by atoms with Crippen LogP contribution in [0.15, 0.2) is 88.8 Å². The molecule has 0 spiro atoms. The van der Waals surface area contributed by atoms with E-state index in [1.54, 1.807) is 23.0 Å². The first-order chi connectivity index (χ1) is 17.8. The zero-order valence-corrected chi connectivity index (χ0v) is 22.0. The van der Waals surface area contributed by atoms with Crippen LogP contribution >= 0.6 is 0 Å². The minimum absolute atomic E-state index is 0.0765. The van der Waals surface area contributed by atoms with Gasteiger partial charge in [0.05, 0.1) is 17.2 Å². The number of hydrogen-bond donors (Lipinski definition) is 0. The maximum atomic E-state index is 13.3. The van der Waals surface area contributed by atoms with Gasteiger partial charge in [-0.05, 0) is 74.4 Å². The average Bonchev–Trinajstić information content (AvgIpc) is 3.32. The van der Waals surface area contributed by atoms with Gasteiger partial charge in [-0.25, -0.2) is 13.1 Å². The van der Waals surface area contributed by atoms with E-state index in [9.17, 15) is 13.7 Å². The van der Waals surface area contributed by atoms with Gasteiger partial charge >= 0.3 is 0 Å². The molecule has 0 amide bonds. The fraction of sp³-hybridized carbons (Fsp3) is 0.200. The van der Waals surface area contributed by atoms with Crippen LogP contribution in [0.5, 0.6) is 5.75 Å². The first-order valence-corrected chi connectivity index (χ1v) is 13.6. The number of nitrogens with zero attached hydrogens (tertiary/aromatic N) is 3. The Kier molecular flexibility index (Phi) is 7.90. The SMILES string of the molecule is CCCCOc1ccc(-c2nn(-c3ccccc3)cc2C=C(C#N)S(=O)(=O)c2ccc(C)cc2)c(C)c1. The second kappa shape index (κ2) is 11.3. The van der Waals surface area contributed by atoms with Crippen LogP contribution in [0, 0.1) is 25.2 Å². The Bertz CT molecular complexity index is 1560. The van der Waals surface area contributed by atoms with Gasteiger partial charge in [-0.2, -0.15) is 10.4 Å². The van der Waals surface area contributed by atoms with Crippen molar-refractivity contribution >= 4 is 15.9 Å². The molecule has 0 atom stereocenters. The van der Waals surface area contributed by atoms with Crippen molar-refractivity contribution in [2.45, 2.75) is 38.5 Å². The van der Waals surface area contributed by atoms with Crippen LogP contribution in [0.3, 0.4) is 0 Å². The predicted molar refractivity (Wildman–Crippen MR) is 146 cm³/mol. The van der Waals surface area contributed by atoms with Crippen LogP contribution in [0.25, 0.3) is 23.0 Å². The highest BCUT2D eigenvalue weighted by Gasteiger charge is 2.23. The van der Waals surface area contributed by atoms with Crippen LogP contribution in [0.1, 0.15) is 36.5 Å². The highest BCUT2D eigenvalue weighted by Crippen LogP contribution is 2.32. The third-order valence-electron chi connectivity index (χ3n) is 6.00. The topological polar surface area (TPSA) is 85.0 Å². The van der Waals surface area contributed by atoms with Crippen LogP contribution < -0.4 is 4.74 Å². The highest BCUT2D eigenvalue weighted by atomic mass is 32.2. The summed E-state index contributed by atoms with van der Waals surface area (Å²) in [7, 11) is -4.01. The highest BCUT2D eigenvalue weighted by molar-refractivity contribution is 7.95. The van der Waals surface area contributed by atoms with Gasteiger partial charge in [0.2, 0.25) is 9.84 Å². The van der Waals surface area contributed by atoms with E-state index in [2.05, 4.69) is 6.92 Å². The molecule has 1 aromatic heterocycles. The largest absolute Gasteiger partial charge is 0.494 e. The Morgan fingerprint density at radius 3 is 2.43 bits per heavy atom. The molecule has 4 rings (SSSR count). The van der Waals surface area contributed by atoms with E-state index in [-0.39, 0.29) is 9.80 Å². The average molecular weight is 512 g/mol. The first-order valence-electron chi connectivity index (χ1n) is 12.2. The normalized spacial score (nSPS) is 11.8. The van der Waals surface area contributed by atoms with Crippen LogP contribution in [0.4, 0.5) is 0 Å². The van der Waals surface area contributed by atoms with Crippen molar-refractivity contribution in [3.63, 3.8) is 0 Å². The fourth-order valence-electron chi connectivity index (χ4n) is 3.90. The van der Waals surface area contributed by atoms with Crippen molar-refractivity contribution in [2.75, 3.05) is 6.61 Å². The number of benzene rings is 3. The van der Waals surface area contributed by atoms with Crippen molar-refractivity contribution in [1.82, 2.24) is 9.78 Å². The van der Waals surface area contributed by atoms with E-state index in [4.69, 9.17) is 9.84 Å². The molecule has 0 aliphatic carbocycles. The Morgan fingerprint density at radius 2 is 1.78 bits per heavy atom. The second-order valence-corrected chi connectivity index (χ2v) is 10.7. The quantitative estimate of drug-likeness (QED) is 0.185. The van der Waals surface area contributed by atoms with Gasteiger partial charge in [0.1, 0.15) is 22.4 Å². The van der Waals surface area contributed by atoms with Gasteiger partial charge in [-0.3, -0.25) is 0 Å². The molecule has 0 fully saturated rings. The fourth-order valence-corrected chi connectivity index (χ4v) is 5.05. The number of hydrogen-bond acceptors (Lipinski definition) is 5. The van der Waals surface area contributed by atoms with Gasteiger partial charge in [0, 0.05) is 17.3 Å². The van der Waals surface area contributed by atoms with Gasteiger partial charge < -0.3 is 4.74 Å². The number of sulfone groups is 1. The first kappa shape index (κ1) is 25.9. The molecular weight excluding hydrogens is 482 g/mol. The molecule has 0 aliphatic heterocycles. The molecule has 4 aromatic rings. The van der Waals surface area contributed by atoms with E-state index in [0.717, 1.165) is 41.0 Å². The molecule has 0 bridgehead atoms. The predicted octanol–water partition coefficient (Wildman–Crippen LogP) is 6.67. The maximum Gasteiger partial charge on any atom is 0.216 e. The summed E-state index contributed by atoms with van der Waals surface area (Å²) in [6, 6.07) is 23.7. The zero-order chi connectivity index (χ0) is 26.4. The number of para-hydroxylation sites is 1. The Labute approximate surface area is 218 Å². The second-order valence-electron chi connectivity index (χ2n) is 8.83. The van der Waals surface area contributed by atoms with Gasteiger partial charge in [0.15, 0.2) is 0 Å². The number of nitriles is 1. The third kappa shape index (κ3) is 5.82. The Balaban J connectivity index is 1.83. The van der Waals surface area contributed by atoms with E-state index in [1.807, 2.05) is 68.4 Å². The molecule has 0 N–H and O–H groups in total. The molecule has 0 radical (unpaired) electrons. The lowest BCUT2D eigenvalue weighted by Gasteiger charge is -2.10. The molecule has 3 aromatic carbocycles. The summed E-state index contributed by atoms with van der Waals surface area (Å²) >= 11 is 0. The molecule has 0 saturated carbocycles. The maximum absolute atomic E-state index is 13.3. The molecule has 0 saturated heterocycles. The summed E-state index contributed by atoms with van der Waals surface area (Å²) in [4.78, 5) is -0.268. The van der Waals surface area contributed by atoms with E-state index < -0.39 is 9.84 Å². The van der Waals surface area contributed by atoms with E-state index in [1.165, 1.54) is 18.2 Å². The van der Waals surface area contributed by atoms with Crippen molar-refractivity contribution in [2.24, 2.45) is 0 Å². The standard InChI is InChI=1S/C30H29N3O3S/c1-4-5-17-36-26-13-16-29(23(3)18-26)30-24(21-33(32-30)25-9-7-6-8-10-25)19-28(20-31)37(34,35)27-14-11-22(2)12-15-27/h6-16,18-19,21H,4-5,17H2,1-3H3. The van der Waals surface area contributed by atoms with Gasteiger partial charge in [0.25, 0.3) is 0 Å². The smallest absolute Gasteiger partial charge is 0.216 e.